The Bertz CT molecular complexity index is 523. The summed E-state index contributed by atoms with van der Waals surface area (Å²) >= 11 is 0. The lowest BCUT2D eigenvalue weighted by molar-refractivity contribution is -0.128. The van der Waals surface area contributed by atoms with Crippen molar-refractivity contribution < 1.29 is 4.79 Å². The number of amides is 1. The molecule has 1 aromatic rings. The van der Waals surface area contributed by atoms with Crippen LogP contribution in [0.1, 0.15) is 30.0 Å². The molecule has 0 saturated carbocycles. The number of aliphatic imine (C=N–C) groups is 1. The quantitative estimate of drug-likeness (QED) is 0.623. The van der Waals surface area contributed by atoms with Gasteiger partial charge in [0.15, 0.2) is 5.96 Å². The third kappa shape index (κ3) is 6.16. The summed E-state index contributed by atoms with van der Waals surface area (Å²) in [6.45, 7) is 8.22. The van der Waals surface area contributed by atoms with Crippen molar-refractivity contribution >= 4 is 11.9 Å². The van der Waals surface area contributed by atoms with E-state index in [1.165, 1.54) is 16.7 Å². The van der Waals surface area contributed by atoms with Gasteiger partial charge in [0.05, 0.1) is 6.54 Å². The molecule has 0 aromatic heterocycles. The van der Waals surface area contributed by atoms with E-state index in [1.807, 2.05) is 6.92 Å². The van der Waals surface area contributed by atoms with Crippen LogP contribution in [-0.2, 0) is 11.3 Å². The number of aryl methyl sites for hydroxylation is 2. The maximum absolute atomic E-state index is 11.6. The third-order valence-electron chi connectivity index (χ3n) is 3.38. The first-order valence-corrected chi connectivity index (χ1v) is 7.72. The number of rotatable bonds is 6. The van der Waals surface area contributed by atoms with Crippen LogP contribution in [0.2, 0.25) is 0 Å². The van der Waals surface area contributed by atoms with Crippen LogP contribution < -0.4 is 10.6 Å². The molecule has 0 heterocycles. The summed E-state index contributed by atoms with van der Waals surface area (Å²) in [7, 11) is 3.53. The van der Waals surface area contributed by atoms with Crippen molar-refractivity contribution in [3.63, 3.8) is 0 Å². The summed E-state index contributed by atoms with van der Waals surface area (Å²) < 4.78 is 0. The smallest absolute Gasteiger partial charge is 0.223 e. The van der Waals surface area contributed by atoms with Crippen LogP contribution in [0.3, 0.4) is 0 Å². The Labute approximate surface area is 133 Å². The van der Waals surface area contributed by atoms with Crippen LogP contribution >= 0.6 is 0 Å². The molecule has 5 heteroatoms. The summed E-state index contributed by atoms with van der Waals surface area (Å²) in [5.41, 5.74) is 3.73. The van der Waals surface area contributed by atoms with Crippen molar-refractivity contribution in [2.45, 2.75) is 33.7 Å². The van der Waals surface area contributed by atoms with E-state index < -0.39 is 0 Å². The van der Waals surface area contributed by atoms with Gasteiger partial charge in [-0.1, -0.05) is 23.8 Å². The highest BCUT2D eigenvalue weighted by Crippen LogP contribution is 2.11. The van der Waals surface area contributed by atoms with Crippen LogP contribution in [0.15, 0.2) is 23.2 Å². The minimum Gasteiger partial charge on any atom is -0.357 e. The van der Waals surface area contributed by atoms with Crippen molar-refractivity contribution in [1.82, 2.24) is 15.5 Å². The number of hydrogen-bond donors (Lipinski definition) is 2. The van der Waals surface area contributed by atoms with Crippen molar-refractivity contribution in [3.05, 3.63) is 34.9 Å². The highest BCUT2D eigenvalue weighted by Gasteiger charge is 2.04. The van der Waals surface area contributed by atoms with E-state index in [-0.39, 0.29) is 5.91 Å². The lowest BCUT2D eigenvalue weighted by Gasteiger charge is -2.13. The minimum absolute atomic E-state index is 0.109. The molecule has 5 nitrogen and oxygen atoms in total. The van der Waals surface area contributed by atoms with Crippen LogP contribution in [0.5, 0.6) is 0 Å². The monoisotopic (exact) mass is 304 g/mol. The number of nitrogens with zero attached hydrogens (tertiary/aromatic N) is 2. The van der Waals surface area contributed by atoms with Gasteiger partial charge in [-0.05, 0) is 31.9 Å². The normalized spacial score (nSPS) is 11.2. The molecule has 1 amide bonds. The molecular weight excluding hydrogens is 276 g/mol. The Kier molecular flexibility index (Phi) is 7.43. The largest absolute Gasteiger partial charge is 0.357 e. The molecule has 0 aliphatic heterocycles. The molecule has 0 bridgehead atoms. The molecule has 0 saturated heterocycles. The number of hydrogen-bond acceptors (Lipinski definition) is 2. The molecule has 0 spiro atoms. The molecular formula is C17H28N4O. The fraction of sp³-hybridized carbons (Fsp3) is 0.529. The summed E-state index contributed by atoms with van der Waals surface area (Å²) in [5.74, 6) is 0.853. The SMILES string of the molecule is CCNC(=NCc1ccc(C)cc1C)NCCC(=O)N(C)C. The Morgan fingerprint density at radius 3 is 2.55 bits per heavy atom. The van der Waals surface area contributed by atoms with Crippen LogP contribution in [0.25, 0.3) is 0 Å². The zero-order chi connectivity index (χ0) is 16.5. The van der Waals surface area contributed by atoms with Crippen LogP contribution in [0.4, 0.5) is 0 Å². The fourth-order valence-corrected chi connectivity index (χ4v) is 2.04. The molecule has 0 atom stereocenters. The summed E-state index contributed by atoms with van der Waals surface area (Å²) in [6, 6.07) is 6.39. The maximum atomic E-state index is 11.6. The van der Waals surface area contributed by atoms with Gasteiger partial charge in [0, 0.05) is 33.6 Å². The molecule has 0 unspecified atom stereocenters. The first-order chi connectivity index (χ1) is 10.4. The summed E-state index contributed by atoms with van der Waals surface area (Å²) in [6.07, 6.45) is 0.459. The standard InChI is InChI=1S/C17H28N4O/c1-6-18-17(19-10-9-16(22)21(4)5)20-12-15-8-7-13(2)11-14(15)3/h7-8,11H,6,9-10,12H2,1-5H3,(H2,18,19,20). The molecule has 2 N–H and O–H groups in total. The second kappa shape index (κ2) is 9.07. The highest BCUT2D eigenvalue weighted by atomic mass is 16.2. The van der Waals surface area contributed by atoms with E-state index in [0.29, 0.717) is 19.5 Å². The van der Waals surface area contributed by atoms with Crippen LogP contribution in [-0.4, -0.2) is 44.0 Å². The van der Waals surface area contributed by atoms with Gasteiger partial charge in [0.1, 0.15) is 0 Å². The molecule has 22 heavy (non-hydrogen) atoms. The molecule has 122 valence electrons. The van der Waals surface area contributed by atoms with Crippen LogP contribution in [0, 0.1) is 13.8 Å². The second-order valence-electron chi connectivity index (χ2n) is 5.59. The Morgan fingerprint density at radius 1 is 1.23 bits per heavy atom. The molecule has 0 fully saturated rings. The van der Waals surface area contributed by atoms with Gasteiger partial charge in [-0.25, -0.2) is 4.99 Å². The van der Waals surface area contributed by atoms with Crippen molar-refractivity contribution in [3.8, 4) is 0 Å². The molecule has 1 aromatic carbocycles. The molecule has 1 rings (SSSR count). The van der Waals surface area contributed by atoms with Gasteiger partial charge in [0.25, 0.3) is 0 Å². The van der Waals surface area contributed by atoms with E-state index in [0.717, 1.165) is 12.5 Å². The third-order valence-corrected chi connectivity index (χ3v) is 3.38. The number of nitrogens with one attached hydrogen (secondary N) is 2. The Morgan fingerprint density at radius 2 is 1.95 bits per heavy atom. The van der Waals surface area contributed by atoms with Gasteiger partial charge in [0.2, 0.25) is 5.91 Å². The number of benzene rings is 1. The molecule has 0 aliphatic carbocycles. The fourth-order valence-electron chi connectivity index (χ4n) is 2.04. The first-order valence-electron chi connectivity index (χ1n) is 7.72. The van der Waals surface area contributed by atoms with Crippen molar-refractivity contribution in [2.24, 2.45) is 4.99 Å². The minimum atomic E-state index is 0.109. The highest BCUT2D eigenvalue weighted by molar-refractivity contribution is 5.81. The van der Waals surface area contributed by atoms with E-state index in [1.54, 1.807) is 19.0 Å². The molecule has 0 radical (unpaired) electrons. The second-order valence-corrected chi connectivity index (χ2v) is 5.59. The number of guanidine groups is 1. The first kappa shape index (κ1) is 18.0. The van der Waals surface area contributed by atoms with Crippen molar-refractivity contribution in [1.29, 1.82) is 0 Å². The average molecular weight is 304 g/mol. The van der Waals surface area contributed by atoms with Crippen molar-refractivity contribution in [2.75, 3.05) is 27.2 Å². The van der Waals surface area contributed by atoms with E-state index >= 15 is 0 Å². The molecule has 0 aliphatic rings. The number of carbonyl (C=O) groups is 1. The van der Waals surface area contributed by atoms with E-state index in [9.17, 15) is 4.79 Å². The zero-order valence-corrected chi connectivity index (χ0v) is 14.4. The van der Waals surface area contributed by atoms with Gasteiger partial charge in [-0.2, -0.15) is 0 Å². The summed E-state index contributed by atoms with van der Waals surface area (Å²) in [5, 5.41) is 6.40. The predicted octanol–water partition coefficient (Wildman–Crippen LogP) is 1.84. The Balaban J connectivity index is 2.59. The topological polar surface area (TPSA) is 56.7 Å². The van der Waals surface area contributed by atoms with Gasteiger partial charge in [-0.3, -0.25) is 4.79 Å². The van der Waals surface area contributed by atoms with Gasteiger partial charge >= 0.3 is 0 Å². The zero-order valence-electron chi connectivity index (χ0n) is 14.4. The van der Waals surface area contributed by atoms with Gasteiger partial charge < -0.3 is 15.5 Å². The summed E-state index contributed by atoms with van der Waals surface area (Å²) in [4.78, 5) is 17.7. The lowest BCUT2D eigenvalue weighted by Crippen LogP contribution is -2.39. The lowest BCUT2D eigenvalue weighted by atomic mass is 10.1. The van der Waals surface area contributed by atoms with Gasteiger partial charge in [-0.15, -0.1) is 0 Å². The van der Waals surface area contributed by atoms with E-state index in [2.05, 4.69) is 47.7 Å². The maximum Gasteiger partial charge on any atom is 0.223 e. The predicted molar refractivity (Wildman–Crippen MR) is 92.0 cm³/mol. The Hall–Kier alpha value is -2.04. The average Bonchev–Trinajstić information content (AvgIpc) is 2.45. The number of carbonyl (C=O) groups excluding carboxylic acids is 1. The van der Waals surface area contributed by atoms with E-state index in [4.69, 9.17) is 0 Å².